The third-order valence-electron chi connectivity index (χ3n) is 2.63. The molecule has 19 heavy (non-hydrogen) atoms. The first-order valence-electron chi connectivity index (χ1n) is 5.61. The Labute approximate surface area is 118 Å². The average Bonchev–Trinajstić information content (AvgIpc) is 2.85. The van der Waals surface area contributed by atoms with E-state index in [4.69, 9.17) is 22.1 Å². The molecular weight excluding hydrogens is 282 g/mol. The van der Waals surface area contributed by atoms with Crippen LogP contribution < -0.4 is 10.5 Å². The van der Waals surface area contributed by atoms with Gasteiger partial charge in [0.05, 0.1) is 5.39 Å². The SMILES string of the molecule is Nc1nc(OCc2ccccc2Cl)c2ccsc2n1. The second-order valence-corrected chi connectivity index (χ2v) is 5.21. The van der Waals surface area contributed by atoms with Crippen LogP contribution in [0, 0.1) is 0 Å². The number of nitrogen functional groups attached to an aromatic ring is 1. The van der Waals surface area contributed by atoms with Crippen LogP contribution in [0.1, 0.15) is 5.56 Å². The lowest BCUT2D eigenvalue weighted by atomic mass is 10.2. The summed E-state index contributed by atoms with van der Waals surface area (Å²) in [5, 5.41) is 3.47. The molecule has 0 aliphatic rings. The van der Waals surface area contributed by atoms with E-state index in [0.717, 1.165) is 15.8 Å². The molecule has 0 fully saturated rings. The van der Waals surface area contributed by atoms with Crippen LogP contribution in [0.2, 0.25) is 5.02 Å². The first-order valence-corrected chi connectivity index (χ1v) is 6.87. The number of nitrogens with two attached hydrogens (primary N) is 1. The highest BCUT2D eigenvalue weighted by atomic mass is 35.5. The monoisotopic (exact) mass is 291 g/mol. The van der Waals surface area contributed by atoms with Gasteiger partial charge in [-0.05, 0) is 17.5 Å². The van der Waals surface area contributed by atoms with Crippen molar-refractivity contribution in [3.63, 3.8) is 0 Å². The molecule has 3 aromatic rings. The number of aromatic nitrogens is 2. The summed E-state index contributed by atoms with van der Waals surface area (Å²) < 4.78 is 5.72. The van der Waals surface area contributed by atoms with E-state index < -0.39 is 0 Å². The van der Waals surface area contributed by atoms with Crippen LogP contribution in [0.15, 0.2) is 35.7 Å². The zero-order chi connectivity index (χ0) is 13.2. The van der Waals surface area contributed by atoms with Crippen LogP contribution in [0.5, 0.6) is 5.88 Å². The fourth-order valence-electron chi connectivity index (χ4n) is 1.72. The van der Waals surface area contributed by atoms with E-state index in [1.807, 2.05) is 35.7 Å². The number of ether oxygens (including phenoxy) is 1. The molecule has 0 aliphatic heterocycles. The van der Waals surface area contributed by atoms with Crippen LogP contribution in [0.25, 0.3) is 10.2 Å². The average molecular weight is 292 g/mol. The maximum absolute atomic E-state index is 6.08. The summed E-state index contributed by atoms with van der Waals surface area (Å²) in [4.78, 5) is 9.10. The van der Waals surface area contributed by atoms with E-state index in [1.54, 1.807) is 0 Å². The molecule has 0 bridgehead atoms. The first kappa shape index (κ1) is 12.2. The number of anilines is 1. The van der Waals surface area contributed by atoms with E-state index >= 15 is 0 Å². The molecule has 0 radical (unpaired) electrons. The maximum Gasteiger partial charge on any atom is 0.227 e. The molecule has 0 amide bonds. The van der Waals surface area contributed by atoms with Gasteiger partial charge in [-0.2, -0.15) is 4.98 Å². The lowest BCUT2D eigenvalue weighted by molar-refractivity contribution is 0.298. The van der Waals surface area contributed by atoms with Gasteiger partial charge in [-0.3, -0.25) is 0 Å². The molecule has 0 saturated heterocycles. The minimum Gasteiger partial charge on any atom is -0.472 e. The minimum atomic E-state index is 0.212. The highest BCUT2D eigenvalue weighted by molar-refractivity contribution is 7.16. The van der Waals surface area contributed by atoms with Gasteiger partial charge in [0.2, 0.25) is 11.8 Å². The molecule has 6 heteroatoms. The molecular formula is C13H10ClN3OS. The Balaban J connectivity index is 1.90. The molecule has 0 saturated carbocycles. The Morgan fingerprint density at radius 2 is 2.05 bits per heavy atom. The number of rotatable bonds is 3. The molecule has 0 unspecified atom stereocenters. The van der Waals surface area contributed by atoms with E-state index in [0.29, 0.717) is 17.5 Å². The summed E-state index contributed by atoms with van der Waals surface area (Å²) in [6.45, 7) is 0.348. The van der Waals surface area contributed by atoms with E-state index in [2.05, 4.69) is 9.97 Å². The van der Waals surface area contributed by atoms with Gasteiger partial charge < -0.3 is 10.5 Å². The Kier molecular flexibility index (Phi) is 3.23. The molecule has 3 rings (SSSR count). The number of benzene rings is 1. The summed E-state index contributed by atoms with van der Waals surface area (Å²) in [6.07, 6.45) is 0. The third-order valence-corrected chi connectivity index (χ3v) is 3.80. The van der Waals surface area contributed by atoms with Crippen molar-refractivity contribution in [2.24, 2.45) is 0 Å². The van der Waals surface area contributed by atoms with Crippen LogP contribution in [0.3, 0.4) is 0 Å². The van der Waals surface area contributed by atoms with Crippen molar-refractivity contribution in [2.45, 2.75) is 6.61 Å². The van der Waals surface area contributed by atoms with Gasteiger partial charge in [0.25, 0.3) is 0 Å². The van der Waals surface area contributed by atoms with Crippen molar-refractivity contribution in [3.05, 3.63) is 46.3 Å². The van der Waals surface area contributed by atoms with Gasteiger partial charge in [-0.15, -0.1) is 11.3 Å². The van der Waals surface area contributed by atoms with Crippen molar-refractivity contribution in [2.75, 3.05) is 5.73 Å². The van der Waals surface area contributed by atoms with E-state index in [1.165, 1.54) is 11.3 Å². The normalized spacial score (nSPS) is 10.8. The smallest absolute Gasteiger partial charge is 0.227 e. The lowest BCUT2D eigenvalue weighted by Crippen LogP contribution is -2.01. The minimum absolute atomic E-state index is 0.212. The molecule has 2 heterocycles. The lowest BCUT2D eigenvalue weighted by Gasteiger charge is -2.08. The number of hydrogen-bond acceptors (Lipinski definition) is 5. The number of nitrogens with zero attached hydrogens (tertiary/aromatic N) is 2. The predicted octanol–water partition coefficient (Wildman–Crippen LogP) is 3.51. The second kappa shape index (κ2) is 5.03. The fourth-order valence-corrected chi connectivity index (χ4v) is 2.67. The third kappa shape index (κ3) is 2.47. The number of thiophene rings is 1. The number of fused-ring (bicyclic) bond motifs is 1. The maximum atomic E-state index is 6.08. The standard InChI is InChI=1S/C13H10ClN3OS/c14-10-4-2-1-3-8(10)7-18-11-9-5-6-19-12(9)17-13(15)16-11/h1-6H,7H2,(H2,15,16,17). The summed E-state index contributed by atoms with van der Waals surface area (Å²) >= 11 is 7.59. The summed E-state index contributed by atoms with van der Waals surface area (Å²) in [6, 6.07) is 9.46. The molecule has 1 aromatic carbocycles. The van der Waals surface area contributed by atoms with Crippen LogP contribution in [0.4, 0.5) is 5.95 Å². The molecule has 0 spiro atoms. The zero-order valence-corrected chi connectivity index (χ0v) is 11.4. The van der Waals surface area contributed by atoms with E-state index in [-0.39, 0.29) is 5.95 Å². The second-order valence-electron chi connectivity index (χ2n) is 3.91. The van der Waals surface area contributed by atoms with Gasteiger partial charge >= 0.3 is 0 Å². The highest BCUT2D eigenvalue weighted by Crippen LogP contribution is 2.28. The predicted molar refractivity (Wildman–Crippen MR) is 77.6 cm³/mol. The first-order chi connectivity index (χ1) is 9.24. The molecule has 96 valence electrons. The van der Waals surface area contributed by atoms with Crippen molar-refractivity contribution in [3.8, 4) is 5.88 Å². The van der Waals surface area contributed by atoms with E-state index in [9.17, 15) is 0 Å². The summed E-state index contributed by atoms with van der Waals surface area (Å²) in [7, 11) is 0. The molecule has 0 atom stereocenters. The van der Waals surface area contributed by atoms with Gasteiger partial charge in [0.1, 0.15) is 11.4 Å². The largest absolute Gasteiger partial charge is 0.472 e. The molecule has 2 aromatic heterocycles. The topological polar surface area (TPSA) is 61.0 Å². The number of hydrogen-bond donors (Lipinski definition) is 1. The van der Waals surface area contributed by atoms with Crippen LogP contribution >= 0.6 is 22.9 Å². The molecule has 2 N–H and O–H groups in total. The van der Waals surface area contributed by atoms with Crippen molar-refractivity contribution < 1.29 is 4.74 Å². The van der Waals surface area contributed by atoms with Crippen molar-refractivity contribution in [1.82, 2.24) is 9.97 Å². The van der Waals surface area contributed by atoms with Crippen LogP contribution in [-0.2, 0) is 6.61 Å². The fraction of sp³-hybridized carbons (Fsp3) is 0.0769. The Morgan fingerprint density at radius 3 is 2.89 bits per heavy atom. The number of halogens is 1. The molecule has 4 nitrogen and oxygen atoms in total. The quantitative estimate of drug-likeness (QED) is 0.802. The molecule has 0 aliphatic carbocycles. The van der Waals surface area contributed by atoms with Gasteiger partial charge in [0.15, 0.2) is 0 Å². The highest BCUT2D eigenvalue weighted by Gasteiger charge is 2.09. The summed E-state index contributed by atoms with van der Waals surface area (Å²) in [5.74, 6) is 0.702. The Hall–Kier alpha value is -1.85. The van der Waals surface area contributed by atoms with Crippen molar-refractivity contribution in [1.29, 1.82) is 0 Å². The Morgan fingerprint density at radius 1 is 1.21 bits per heavy atom. The summed E-state index contributed by atoms with van der Waals surface area (Å²) in [5.41, 5.74) is 6.57. The Bertz CT molecular complexity index is 729. The van der Waals surface area contributed by atoms with Gasteiger partial charge in [-0.1, -0.05) is 29.8 Å². The van der Waals surface area contributed by atoms with Crippen LogP contribution in [-0.4, -0.2) is 9.97 Å². The van der Waals surface area contributed by atoms with Gasteiger partial charge in [0, 0.05) is 10.6 Å². The zero-order valence-electron chi connectivity index (χ0n) is 9.84. The van der Waals surface area contributed by atoms with Crippen molar-refractivity contribution >= 4 is 39.1 Å². The van der Waals surface area contributed by atoms with Gasteiger partial charge in [-0.25, -0.2) is 4.98 Å².